The van der Waals surface area contributed by atoms with Crippen molar-refractivity contribution in [3.63, 3.8) is 0 Å². The molecule has 2 aromatic carbocycles. The molecule has 300 valence electrons. The molecule has 0 unspecified atom stereocenters. The SMILES string of the molecule is CCc1cc(O)c(F)cc1-c1cc(OCC2CN(C(=O)OC(C)(C)C)C2)c2cncn2c1.CCc1cc(O)c(F)cc1-c1cc(OCC2CNC2)c2cncn2c1. The van der Waals surface area contributed by atoms with E-state index in [4.69, 9.17) is 14.2 Å². The van der Waals surface area contributed by atoms with Crippen LogP contribution in [0.3, 0.4) is 0 Å². The number of hydrogen-bond acceptors (Lipinski definition) is 9. The van der Waals surface area contributed by atoms with E-state index in [2.05, 4.69) is 15.3 Å². The zero-order valence-corrected chi connectivity index (χ0v) is 32.8. The molecule has 0 atom stereocenters. The number of carbonyl (C=O) groups is 1. The molecule has 6 aromatic rings. The zero-order valence-electron chi connectivity index (χ0n) is 32.8. The number of fused-ring (bicyclic) bond motifs is 2. The summed E-state index contributed by atoms with van der Waals surface area (Å²) < 4.78 is 49.3. The molecule has 3 N–H and O–H groups in total. The molecule has 2 fully saturated rings. The van der Waals surface area contributed by atoms with Crippen LogP contribution in [-0.2, 0) is 17.6 Å². The number of rotatable bonds is 10. The predicted molar refractivity (Wildman–Crippen MR) is 212 cm³/mol. The molecule has 2 saturated heterocycles. The average molecular weight is 783 g/mol. The van der Waals surface area contributed by atoms with Crippen molar-refractivity contribution in [3.05, 3.63) is 96.6 Å². The van der Waals surface area contributed by atoms with Crippen molar-refractivity contribution in [2.45, 2.75) is 53.1 Å². The smallest absolute Gasteiger partial charge is 0.410 e. The van der Waals surface area contributed by atoms with E-state index in [0.717, 1.165) is 57.7 Å². The second-order valence-corrected chi connectivity index (χ2v) is 15.6. The number of nitrogens with zero attached hydrogens (tertiary/aromatic N) is 5. The molecule has 0 spiro atoms. The van der Waals surface area contributed by atoms with E-state index in [-0.39, 0.29) is 23.5 Å². The highest BCUT2D eigenvalue weighted by molar-refractivity contribution is 5.75. The van der Waals surface area contributed by atoms with Gasteiger partial charge in [-0.15, -0.1) is 0 Å². The number of amides is 1. The molecule has 6 heterocycles. The fraction of sp³-hybridized carbons (Fsp3) is 0.372. The van der Waals surface area contributed by atoms with Crippen molar-refractivity contribution in [1.29, 1.82) is 0 Å². The Morgan fingerprint density at radius 2 is 1.25 bits per heavy atom. The number of benzene rings is 2. The highest BCUT2D eigenvalue weighted by Crippen LogP contribution is 2.36. The van der Waals surface area contributed by atoms with E-state index in [1.54, 1.807) is 29.9 Å². The maximum atomic E-state index is 14.1. The zero-order chi connectivity index (χ0) is 40.4. The van der Waals surface area contributed by atoms with Crippen LogP contribution in [0, 0.1) is 23.5 Å². The third-order valence-electron chi connectivity index (χ3n) is 10.1. The first-order valence-electron chi connectivity index (χ1n) is 19.2. The Labute approximate surface area is 329 Å². The second kappa shape index (κ2) is 16.3. The van der Waals surface area contributed by atoms with Crippen molar-refractivity contribution < 1.29 is 38.0 Å². The van der Waals surface area contributed by atoms with Crippen molar-refractivity contribution in [3.8, 4) is 45.3 Å². The monoisotopic (exact) mass is 782 g/mol. The number of imidazole rings is 2. The Kier molecular flexibility index (Phi) is 11.3. The van der Waals surface area contributed by atoms with Gasteiger partial charge in [-0.05, 0) is 92.3 Å². The molecule has 12 nitrogen and oxygen atoms in total. The summed E-state index contributed by atoms with van der Waals surface area (Å²) in [6.07, 6.45) is 11.6. The topological polar surface area (TPSA) is 135 Å². The molecule has 0 aliphatic carbocycles. The Hall–Kier alpha value is -5.89. The molecule has 0 radical (unpaired) electrons. The summed E-state index contributed by atoms with van der Waals surface area (Å²) in [5.74, 6) is 0.116. The number of aryl methyl sites for hydroxylation is 2. The van der Waals surface area contributed by atoms with Crippen molar-refractivity contribution in [1.82, 2.24) is 29.0 Å². The van der Waals surface area contributed by atoms with Crippen LogP contribution in [0.1, 0.15) is 45.7 Å². The molecule has 57 heavy (non-hydrogen) atoms. The first kappa shape index (κ1) is 39.3. The standard InChI is InChI=1S/C24H28FN3O4.C19H20FN3O2/c1-5-16-6-21(29)19(25)8-18(16)17-7-22(20-9-26-14-28(20)12-17)31-13-15-10-27(11-15)23(30)32-24(2,3)4;1-2-13-3-18(24)16(20)5-15(13)14-4-19(25-10-12-6-21-7-12)17-8-22-11-23(17)9-14/h6-9,12,14-15,29H,5,10-11,13H2,1-4H3;3-5,8-9,11-12,21,24H,2,6-7,10H2,1H3. The van der Waals surface area contributed by atoms with Gasteiger partial charge >= 0.3 is 6.09 Å². The van der Waals surface area contributed by atoms with Crippen LogP contribution < -0.4 is 14.8 Å². The van der Waals surface area contributed by atoms with E-state index < -0.39 is 17.2 Å². The van der Waals surface area contributed by atoms with E-state index >= 15 is 0 Å². The molecule has 2 aliphatic rings. The number of nitrogens with one attached hydrogen (secondary N) is 1. The van der Waals surface area contributed by atoms with Gasteiger partial charge in [-0.2, -0.15) is 0 Å². The molecule has 4 aromatic heterocycles. The van der Waals surface area contributed by atoms with Gasteiger partial charge in [-0.1, -0.05) is 13.8 Å². The molecule has 2 aliphatic heterocycles. The van der Waals surface area contributed by atoms with Crippen LogP contribution in [0.15, 0.2) is 73.8 Å². The molecule has 0 bridgehead atoms. The fourth-order valence-electron chi connectivity index (χ4n) is 6.89. The van der Waals surface area contributed by atoms with Crippen LogP contribution in [0.4, 0.5) is 13.6 Å². The summed E-state index contributed by atoms with van der Waals surface area (Å²) in [5.41, 5.74) is 5.94. The lowest BCUT2D eigenvalue weighted by Gasteiger charge is -2.39. The third-order valence-corrected chi connectivity index (χ3v) is 10.1. The van der Waals surface area contributed by atoms with Crippen LogP contribution in [-0.4, -0.2) is 85.0 Å². The Bertz CT molecular complexity index is 2400. The molecule has 0 saturated carbocycles. The lowest BCUT2D eigenvalue weighted by Crippen LogP contribution is -2.53. The van der Waals surface area contributed by atoms with Crippen LogP contribution in [0.5, 0.6) is 23.0 Å². The van der Waals surface area contributed by atoms with Crippen molar-refractivity contribution >= 4 is 17.1 Å². The number of phenols is 2. The normalized spacial score (nSPS) is 14.5. The van der Waals surface area contributed by atoms with E-state index in [0.29, 0.717) is 56.4 Å². The molecular formula is C43H48F2N6O6. The maximum Gasteiger partial charge on any atom is 0.410 e. The van der Waals surface area contributed by atoms with E-state index in [1.807, 2.05) is 67.9 Å². The first-order chi connectivity index (χ1) is 27.3. The fourth-order valence-corrected chi connectivity index (χ4v) is 6.89. The van der Waals surface area contributed by atoms with Gasteiger partial charge in [-0.25, -0.2) is 23.5 Å². The minimum absolute atomic E-state index is 0.200. The van der Waals surface area contributed by atoms with Gasteiger partial charge in [0.1, 0.15) is 28.1 Å². The largest absolute Gasteiger partial charge is 0.505 e. The molecule has 1 amide bonds. The minimum atomic E-state index is -0.665. The number of aromatic nitrogens is 4. The Balaban J connectivity index is 0.000000179. The highest BCUT2D eigenvalue weighted by Gasteiger charge is 2.34. The van der Waals surface area contributed by atoms with Crippen molar-refractivity contribution in [2.75, 3.05) is 39.4 Å². The van der Waals surface area contributed by atoms with Gasteiger partial charge in [0.15, 0.2) is 23.1 Å². The van der Waals surface area contributed by atoms with Gasteiger partial charge in [0.05, 0.1) is 38.3 Å². The molecular weight excluding hydrogens is 735 g/mol. The number of carbonyl (C=O) groups excluding carboxylic acids is 1. The summed E-state index contributed by atoms with van der Waals surface area (Å²) in [4.78, 5) is 22.2. The molecule has 14 heteroatoms. The van der Waals surface area contributed by atoms with E-state index in [9.17, 15) is 23.8 Å². The van der Waals surface area contributed by atoms with Gasteiger partial charge in [0.25, 0.3) is 0 Å². The minimum Gasteiger partial charge on any atom is -0.505 e. The summed E-state index contributed by atoms with van der Waals surface area (Å²) in [7, 11) is 0. The van der Waals surface area contributed by atoms with Gasteiger partial charge in [0.2, 0.25) is 0 Å². The first-order valence-corrected chi connectivity index (χ1v) is 19.2. The Morgan fingerprint density at radius 3 is 1.67 bits per heavy atom. The number of hydrogen-bond donors (Lipinski definition) is 3. The van der Waals surface area contributed by atoms with E-state index in [1.165, 1.54) is 24.3 Å². The Morgan fingerprint density at radius 1 is 0.772 bits per heavy atom. The third kappa shape index (κ3) is 8.75. The lowest BCUT2D eigenvalue weighted by atomic mass is 9.98. The van der Waals surface area contributed by atoms with Gasteiger partial charge in [0, 0.05) is 61.5 Å². The van der Waals surface area contributed by atoms with Gasteiger partial charge < -0.3 is 43.4 Å². The number of ether oxygens (including phenoxy) is 3. The van der Waals surface area contributed by atoms with Crippen molar-refractivity contribution in [2.24, 2.45) is 11.8 Å². The van der Waals surface area contributed by atoms with Gasteiger partial charge in [-0.3, -0.25) is 0 Å². The summed E-state index contributed by atoms with van der Waals surface area (Å²) in [5, 5.41) is 22.6. The number of aromatic hydroxyl groups is 2. The summed E-state index contributed by atoms with van der Waals surface area (Å²) >= 11 is 0. The number of halogens is 2. The summed E-state index contributed by atoms with van der Waals surface area (Å²) in [6, 6.07) is 9.47. The summed E-state index contributed by atoms with van der Waals surface area (Å²) in [6.45, 7) is 13.6. The van der Waals surface area contributed by atoms with Crippen LogP contribution in [0.2, 0.25) is 0 Å². The predicted octanol–water partition coefficient (Wildman–Crippen LogP) is 7.66. The quantitative estimate of drug-likeness (QED) is 0.128. The van der Waals surface area contributed by atoms with Crippen LogP contribution >= 0.6 is 0 Å². The molecule has 8 rings (SSSR count). The number of phenolic OH excluding ortho intramolecular Hbond substituents is 2. The average Bonchev–Trinajstić information content (AvgIpc) is 3.82. The number of pyridine rings is 2. The second-order valence-electron chi connectivity index (χ2n) is 15.6. The van der Waals surface area contributed by atoms with Crippen LogP contribution in [0.25, 0.3) is 33.3 Å². The number of likely N-dealkylation sites (tertiary alicyclic amines) is 1. The highest BCUT2D eigenvalue weighted by atomic mass is 19.1. The lowest BCUT2D eigenvalue weighted by molar-refractivity contribution is -0.00775. The maximum absolute atomic E-state index is 14.1.